The van der Waals surface area contributed by atoms with E-state index in [9.17, 15) is 9.18 Å². The van der Waals surface area contributed by atoms with Gasteiger partial charge in [0.15, 0.2) is 6.29 Å². The SMILES string of the molecule is CC(C1CC1)n1cc(C=O)c(-c2ccc(F)cn2)n1. The molecule has 1 unspecified atom stereocenters. The van der Waals surface area contributed by atoms with Gasteiger partial charge in [-0.05, 0) is 37.8 Å². The second-order valence-electron chi connectivity index (χ2n) is 4.97. The third kappa shape index (κ3) is 2.28. The molecule has 1 aliphatic rings. The summed E-state index contributed by atoms with van der Waals surface area (Å²) < 4.78 is 14.7. The zero-order valence-electron chi connectivity index (χ0n) is 10.6. The van der Waals surface area contributed by atoms with Crippen molar-refractivity contribution < 1.29 is 9.18 Å². The highest BCUT2D eigenvalue weighted by Crippen LogP contribution is 2.39. The molecule has 98 valence electrons. The van der Waals surface area contributed by atoms with Crippen molar-refractivity contribution in [1.82, 2.24) is 14.8 Å². The molecule has 0 spiro atoms. The number of pyridine rings is 1. The molecule has 0 bridgehead atoms. The number of hydrogen-bond acceptors (Lipinski definition) is 3. The fourth-order valence-corrected chi connectivity index (χ4v) is 2.21. The summed E-state index contributed by atoms with van der Waals surface area (Å²) >= 11 is 0. The van der Waals surface area contributed by atoms with Gasteiger partial charge in [-0.15, -0.1) is 0 Å². The Morgan fingerprint density at radius 2 is 2.26 bits per heavy atom. The van der Waals surface area contributed by atoms with Gasteiger partial charge in [-0.2, -0.15) is 5.10 Å². The van der Waals surface area contributed by atoms with Crippen LogP contribution in [0.25, 0.3) is 11.4 Å². The number of rotatable bonds is 4. The largest absolute Gasteiger partial charge is 0.298 e. The molecule has 3 rings (SSSR count). The van der Waals surface area contributed by atoms with Crippen molar-refractivity contribution in [1.29, 1.82) is 0 Å². The molecule has 4 nitrogen and oxygen atoms in total. The number of carbonyl (C=O) groups is 1. The van der Waals surface area contributed by atoms with Crippen LogP contribution >= 0.6 is 0 Å². The van der Waals surface area contributed by atoms with Crippen LogP contribution in [0.1, 0.15) is 36.2 Å². The third-order valence-corrected chi connectivity index (χ3v) is 3.58. The monoisotopic (exact) mass is 259 g/mol. The lowest BCUT2D eigenvalue weighted by molar-refractivity contribution is 0.112. The first-order valence-electron chi connectivity index (χ1n) is 6.35. The smallest absolute Gasteiger partial charge is 0.153 e. The predicted molar refractivity (Wildman–Crippen MR) is 68.2 cm³/mol. The average molecular weight is 259 g/mol. The lowest BCUT2D eigenvalue weighted by Gasteiger charge is -2.09. The Kier molecular flexibility index (Phi) is 2.89. The first-order chi connectivity index (χ1) is 9.19. The quantitative estimate of drug-likeness (QED) is 0.793. The summed E-state index contributed by atoms with van der Waals surface area (Å²) in [6.07, 6.45) is 6.07. The van der Waals surface area contributed by atoms with E-state index >= 15 is 0 Å². The molecule has 1 fully saturated rings. The molecule has 0 aromatic carbocycles. The minimum absolute atomic E-state index is 0.285. The molecule has 0 N–H and O–H groups in total. The van der Waals surface area contributed by atoms with E-state index in [1.165, 1.54) is 25.0 Å². The van der Waals surface area contributed by atoms with Crippen molar-refractivity contribution >= 4 is 6.29 Å². The molecule has 0 radical (unpaired) electrons. The summed E-state index contributed by atoms with van der Waals surface area (Å²) in [5.41, 5.74) is 1.53. The molecular formula is C14H14FN3O. The zero-order valence-corrected chi connectivity index (χ0v) is 10.6. The van der Waals surface area contributed by atoms with E-state index in [2.05, 4.69) is 17.0 Å². The Balaban J connectivity index is 1.99. The standard InChI is InChI=1S/C14H14FN3O/c1-9(10-2-3-10)18-7-11(8-19)14(17-18)13-5-4-12(15)6-16-13/h4-10H,2-3H2,1H3. The lowest BCUT2D eigenvalue weighted by atomic mass is 10.2. The molecule has 2 aromatic heterocycles. The Hall–Kier alpha value is -2.04. The maximum Gasteiger partial charge on any atom is 0.153 e. The van der Waals surface area contributed by atoms with E-state index in [-0.39, 0.29) is 6.04 Å². The molecule has 2 heterocycles. The van der Waals surface area contributed by atoms with Gasteiger partial charge in [0.1, 0.15) is 11.5 Å². The maximum atomic E-state index is 12.9. The summed E-state index contributed by atoms with van der Waals surface area (Å²) in [7, 11) is 0. The van der Waals surface area contributed by atoms with Crippen LogP contribution in [0.15, 0.2) is 24.5 Å². The average Bonchev–Trinajstić information content (AvgIpc) is 3.18. The van der Waals surface area contributed by atoms with Crippen LogP contribution in [0.2, 0.25) is 0 Å². The zero-order chi connectivity index (χ0) is 13.4. The molecule has 0 amide bonds. The Morgan fingerprint density at radius 3 is 2.84 bits per heavy atom. The number of carbonyl (C=O) groups excluding carboxylic acids is 1. The van der Waals surface area contributed by atoms with Gasteiger partial charge in [0, 0.05) is 6.20 Å². The van der Waals surface area contributed by atoms with Crippen LogP contribution in [-0.2, 0) is 0 Å². The van der Waals surface area contributed by atoms with Crippen molar-refractivity contribution in [3.05, 3.63) is 35.9 Å². The molecule has 1 aliphatic carbocycles. The molecular weight excluding hydrogens is 245 g/mol. The van der Waals surface area contributed by atoms with E-state index in [4.69, 9.17) is 0 Å². The molecule has 1 atom stereocenters. The van der Waals surface area contributed by atoms with E-state index < -0.39 is 5.82 Å². The van der Waals surface area contributed by atoms with Crippen LogP contribution in [0.5, 0.6) is 0 Å². The molecule has 5 heteroatoms. The Bertz CT molecular complexity index is 602. The predicted octanol–water partition coefficient (Wildman–Crippen LogP) is 2.87. The number of halogens is 1. The number of aromatic nitrogens is 3. The number of nitrogens with zero attached hydrogens (tertiary/aromatic N) is 3. The Morgan fingerprint density at radius 1 is 1.47 bits per heavy atom. The highest BCUT2D eigenvalue weighted by Gasteiger charge is 2.30. The van der Waals surface area contributed by atoms with Crippen LogP contribution in [-0.4, -0.2) is 21.1 Å². The van der Waals surface area contributed by atoms with Crippen LogP contribution < -0.4 is 0 Å². The normalized spacial score (nSPS) is 16.3. The number of aldehydes is 1. The minimum Gasteiger partial charge on any atom is -0.298 e. The van der Waals surface area contributed by atoms with Gasteiger partial charge in [-0.25, -0.2) is 4.39 Å². The topological polar surface area (TPSA) is 47.8 Å². The van der Waals surface area contributed by atoms with Gasteiger partial charge in [0.05, 0.1) is 23.5 Å². The Labute approximate surface area is 110 Å². The molecule has 0 aliphatic heterocycles. The van der Waals surface area contributed by atoms with Gasteiger partial charge >= 0.3 is 0 Å². The van der Waals surface area contributed by atoms with Gasteiger partial charge in [0.25, 0.3) is 0 Å². The van der Waals surface area contributed by atoms with E-state index in [0.29, 0.717) is 22.9 Å². The van der Waals surface area contributed by atoms with Crippen LogP contribution in [0.4, 0.5) is 4.39 Å². The van der Waals surface area contributed by atoms with Crippen LogP contribution in [0.3, 0.4) is 0 Å². The summed E-state index contributed by atoms with van der Waals surface area (Å²) in [6, 6.07) is 3.14. The highest BCUT2D eigenvalue weighted by atomic mass is 19.1. The lowest BCUT2D eigenvalue weighted by Crippen LogP contribution is -2.07. The van der Waals surface area contributed by atoms with E-state index in [1.807, 2.05) is 4.68 Å². The first-order valence-corrected chi connectivity index (χ1v) is 6.35. The van der Waals surface area contributed by atoms with Crippen molar-refractivity contribution in [3.8, 4) is 11.4 Å². The fraction of sp³-hybridized carbons (Fsp3) is 0.357. The molecule has 19 heavy (non-hydrogen) atoms. The highest BCUT2D eigenvalue weighted by molar-refractivity contribution is 5.84. The second kappa shape index (κ2) is 4.57. The molecule has 2 aromatic rings. The fourth-order valence-electron chi connectivity index (χ4n) is 2.21. The van der Waals surface area contributed by atoms with Crippen molar-refractivity contribution in [3.63, 3.8) is 0 Å². The van der Waals surface area contributed by atoms with Gasteiger partial charge in [0.2, 0.25) is 0 Å². The summed E-state index contributed by atoms with van der Waals surface area (Å²) in [5, 5.41) is 4.44. The van der Waals surface area contributed by atoms with Crippen molar-refractivity contribution in [2.24, 2.45) is 5.92 Å². The van der Waals surface area contributed by atoms with Gasteiger partial charge < -0.3 is 0 Å². The summed E-state index contributed by atoms with van der Waals surface area (Å²) in [6.45, 7) is 2.10. The molecule has 1 saturated carbocycles. The first kappa shape index (κ1) is 12.0. The number of hydrogen-bond donors (Lipinski definition) is 0. The second-order valence-corrected chi connectivity index (χ2v) is 4.97. The summed E-state index contributed by atoms with van der Waals surface area (Å²) in [4.78, 5) is 15.1. The van der Waals surface area contributed by atoms with Crippen molar-refractivity contribution in [2.45, 2.75) is 25.8 Å². The minimum atomic E-state index is -0.401. The van der Waals surface area contributed by atoms with Gasteiger partial charge in [-0.3, -0.25) is 14.5 Å². The third-order valence-electron chi connectivity index (χ3n) is 3.58. The maximum absolute atomic E-state index is 12.9. The van der Waals surface area contributed by atoms with E-state index in [1.54, 1.807) is 6.20 Å². The van der Waals surface area contributed by atoms with Crippen molar-refractivity contribution in [2.75, 3.05) is 0 Å². The van der Waals surface area contributed by atoms with Gasteiger partial charge in [-0.1, -0.05) is 0 Å². The van der Waals surface area contributed by atoms with Crippen LogP contribution in [0, 0.1) is 11.7 Å². The van der Waals surface area contributed by atoms with E-state index in [0.717, 1.165) is 12.5 Å². The molecule has 0 saturated heterocycles. The summed E-state index contributed by atoms with van der Waals surface area (Å²) in [5.74, 6) is 0.246.